The summed E-state index contributed by atoms with van der Waals surface area (Å²) in [6, 6.07) is 5.08. The number of carbonyl (C=O) groups is 2. The van der Waals surface area contributed by atoms with Crippen LogP contribution in [0.2, 0.25) is 0 Å². The van der Waals surface area contributed by atoms with Crippen LogP contribution >= 0.6 is 11.3 Å². The van der Waals surface area contributed by atoms with Crippen LogP contribution in [0.25, 0.3) is 0 Å². The molecule has 9 heteroatoms. The van der Waals surface area contributed by atoms with E-state index in [1.165, 1.54) is 18.4 Å². The minimum absolute atomic E-state index is 0.195. The molecule has 1 aromatic heterocycles. The molecule has 0 bridgehead atoms. The summed E-state index contributed by atoms with van der Waals surface area (Å²) < 4.78 is 21.0. The molecule has 2 rings (SSSR count). The maximum absolute atomic E-state index is 13.3. The van der Waals surface area contributed by atoms with E-state index in [0.717, 1.165) is 0 Å². The molecule has 0 spiro atoms. The summed E-state index contributed by atoms with van der Waals surface area (Å²) in [4.78, 5) is 31.2. The van der Waals surface area contributed by atoms with Crippen LogP contribution in [-0.4, -0.2) is 62.3 Å². The number of carbonyl (C=O) groups excluding carboxylic acids is 2. The van der Waals surface area contributed by atoms with Crippen LogP contribution in [0.15, 0.2) is 23.6 Å². The monoisotopic (exact) mass is 436 g/mol. The van der Waals surface area contributed by atoms with Crippen molar-refractivity contribution in [3.63, 3.8) is 0 Å². The topological polar surface area (TPSA) is 87.2 Å². The summed E-state index contributed by atoms with van der Waals surface area (Å²) in [7, 11) is 3.07. The Morgan fingerprint density at radius 3 is 2.60 bits per heavy atom. The first kappa shape index (κ1) is 23.6. The number of benzene rings is 1. The Morgan fingerprint density at radius 2 is 1.93 bits per heavy atom. The first-order chi connectivity index (χ1) is 14.5. The van der Waals surface area contributed by atoms with E-state index in [1.807, 2.05) is 6.92 Å². The van der Waals surface area contributed by atoms with Gasteiger partial charge in [0.15, 0.2) is 5.69 Å². The number of thiazole rings is 1. The smallest absolute Gasteiger partial charge is 0.357 e. The minimum atomic E-state index is -0.467. The average molecular weight is 437 g/mol. The van der Waals surface area contributed by atoms with Gasteiger partial charge in [-0.3, -0.25) is 4.79 Å². The fraction of sp³-hybridized carbons (Fsp3) is 0.476. The van der Waals surface area contributed by atoms with Gasteiger partial charge < -0.3 is 23.8 Å². The van der Waals surface area contributed by atoms with Gasteiger partial charge in [-0.2, -0.15) is 0 Å². The quantitative estimate of drug-likeness (QED) is 0.372. The van der Waals surface area contributed by atoms with Gasteiger partial charge in [-0.25, -0.2) is 9.78 Å². The normalized spacial score (nSPS) is 10.5. The highest BCUT2D eigenvalue weighted by Gasteiger charge is 2.22. The molecule has 2 aromatic rings. The van der Waals surface area contributed by atoms with Gasteiger partial charge in [0.2, 0.25) is 0 Å². The summed E-state index contributed by atoms with van der Waals surface area (Å²) in [5.41, 5.74) is 0.678. The lowest BCUT2D eigenvalue weighted by Crippen LogP contribution is -2.32. The SMILES string of the molecule is CCOCCCN(Cc1nc(C(=O)OCC)cs1)C(=O)c1ccc(OC)cc1OC. The fourth-order valence-corrected chi connectivity index (χ4v) is 3.52. The van der Waals surface area contributed by atoms with E-state index in [9.17, 15) is 9.59 Å². The number of amides is 1. The van der Waals surface area contributed by atoms with Gasteiger partial charge in [0, 0.05) is 31.2 Å². The fourth-order valence-electron chi connectivity index (χ4n) is 2.75. The van der Waals surface area contributed by atoms with Gasteiger partial charge >= 0.3 is 5.97 Å². The maximum atomic E-state index is 13.3. The zero-order valence-corrected chi connectivity index (χ0v) is 18.6. The predicted molar refractivity (Wildman–Crippen MR) is 113 cm³/mol. The predicted octanol–water partition coefficient (Wildman–Crippen LogP) is 3.41. The van der Waals surface area contributed by atoms with E-state index in [1.54, 1.807) is 42.5 Å². The molecule has 8 nitrogen and oxygen atoms in total. The average Bonchev–Trinajstić information content (AvgIpc) is 3.23. The largest absolute Gasteiger partial charge is 0.497 e. The highest BCUT2D eigenvalue weighted by Crippen LogP contribution is 2.26. The molecule has 0 saturated carbocycles. The molecule has 1 amide bonds. The van der Waals surface area contributed by atoms with Crippen LogP contribution in [0.1, 0.15) is 46.1 Å². The second-order valence-electron chi connectivity index (χ2n) is 6.19. The van der Waals surface area contributed by atoms with Crippen LogP contribution in [0.3, 0.4) is 0 Å². The standard InChI is InChI=1S/C21H28N2O6S/c1-5-28-11-7-10-23(13-19-22-17(14-30-19)21(25)29-6-2)20(24)16-9-8-15(26-3)12-18(16)27-4/h8-9,12,14H,5-7,10-11,13H2,1-4H3. The molecule has 164 valence electrons. The Morgan fingerprint density at radius 1 is 1.13 bits per heavy atom. The van der Waals surface area contributed by atoms with Crippen molar-refractivity contribution < 1.29 is 28.5 Å². The summed E-state index contributed by atoms with van der Waals surface area (Å²) in [5.74, 6) is 0.371. The molecule has 0 atom stereocenters. The molecule has 0 aliphatic carbocycles. The second-order valence-corrected chi connectivity index (χ2v) is 7.13. The van der Waals surface area contributed by atoms with Gasteiger partial charge in [0.25, 0.3) is 5.91 Å². The first-order valence-electron chi connectivity index (χ1n) is 9.74. The molecule has 1 aromatic carbocycles. The van der Waals surface area contributed by atoms with E-state index >= 15 is 0 Å². The summed E-state index contributed by atoms with van der Waals surface area (Å²) >= 11 is 1.32. The molecule has 0 fully saturated rings. The zero-order chi connectivity index (χ0) is 21.9. The Balaban J connectivity index is 2.22. The number of hydrogen-bond acceptors (Lipinski definition) is 8. The maximum Gasteiger partial charge on any atom is 0.357 e. The van der Waals surface area contributed by atoms with Gasteiger partial charge in [-0.15, -0.1) is 11.3 Å². The Kier molecular flexibility index (Phi) is 9.56. The van der Waals surface area contributed by atoms with Crippen molar-refractivity contribution in [3.05, 3.63) is 39.8 Å². The molecular formula is C21H28N2O6S. The van der Waals surface area contributed by atoms with Crippen molar-refractivity contribution in [2.75, 3.05) is 40.6 Å². The number of esters is 1. The van der Waals surface area contributed by atoms with Gasteiger partial charge in [0.1, 0.15) is 16.5 Å². The van der Waals surface area contributed by atoms with Crippen LogP contribution in [-0.2, 0) is 16.0 Å². The Labute approximate surface area is 180 Å². The summed E-state index contributed by atoms with van der Waals surface area (Å²) in [6.07, 6.45) is 0.675. The minimum Gasteiger partial charge on any atom is -0.497 e. The van der Waals surface area contributed by atoms with Crippen molar-refractivity contribution in [1.29, 1.82) is 0 Å². The molecule has 30 heavy (non-hydrogen) atoms. The van der Waals surface area contributed by atoms with E-state index in [-0.39, 0.29) is 24.8 Å². The number of ether oxygens (including phenoxy) is 4. The van der Waals surface area contributed by atoms with Crippen molar-refractivity contribution in [2.45, 2.75) is 26.8 Å². The molecule has 1 heterocycles. The number of hydrogen-bond donors (Lipinski definition) is 0. The third kappa shape index (κ3) is 6.43. The number of aromatic nitrogens is 1. The van der Waals surface area contributed by atoms with E-state index in [4.69, 9.17) is 18.9 Å². The van der Waals surface area contributed by atoms with Crippen molar-refractivity contribution in [2.24, 2.45) is 0 Å². The second kappa shape index (κ2) is 12.1. The Hall–Kier alpha value is -2.65. The third-order valence-electron chi connectivity index (χ3n) is 4.21. The number of rotatable bonds is 12. The lowest BCUT2D eigenvalue weighted by Gasteiger charge is -2.23. The molecular weight excluding hydrogens is 408 g/mol. The van der Waals surface area contributed by atoms with E-state index < -0.39 is 5.97 Å². The summed E-state index contributed by atoms with van der Waals surface area (Å²) in [5, 5.41) is 2.29. The number of nitrogens with zero attached hydrogens (tertiary/aromatic N) is 2. The lowest BCUT2D eigenvalue weighted by atomic mass is 10.1. The first-order valence-corrected chi connectivity index (χ1v) is 10.6. The van der Waals surface area contributed by atoms with Gasteiger partial charge in [0.05, 0.1) is 32.9 Å². The molecule has 0 N–H and O–H groups in total. The van der Waals surface area contributed by atoms with Crippen molar-refractivity contribution >= 4 is 23.2 Å². The van der Waals surface area contributed by atoms with Crippen molar-refractivity contribution in [3.8, 4) is 11.5 Å². The van der Waals surface area contributed by atoms with E-state index in [2.05, 4.69) is 4.98 Å². The summed E-state index contributed by atoms with van der Waals surface area (Å²) in [6.45, 7) is 5.86. The van der Waals surface area contributed by atoms with Gasteiger partial charge in [-0.05, 0) is 32.4 Å². The molecule has 0 radical (unpaired) electrons. The van der Waals surface area contributed by atoms with Crippen LogP contribution < -0.4 is 9.47 Å². The molecule has 0 unspecified atom stereocenters. The lowest BCUT2D eigenvalue weighted by molar-refractivity contribution is 0.0520. The molecule has 0 saturated heterocycles. The number of methoxy groups -OCH3 is 2. The molecule has 0 aliphatic rings. The van der Waals surface area contributed by atoms with Gasteiger partial charge in [-0.1, -0.05) is 0 Å². The van der Waals surface area contributed by atoms with Crippen LogP contribution in [0.5, 0.6) is 11.5 Å². The Bertz CT molecular complexity index is 839. The highest BCUT2D eigenvalue weighted by atomic mass is 32.1. The van der Waals surface area contributed by atoms with E-state index in [0.29, 0.717) is 48.2 Å². The van der Waals surface area contributed by atoms with Crippen LogP contribution in [0.4, 0.5) is 0 Å². The highest BCUT2D eigenvalue weighted by molar-refractivity contribution is 7.09. The zero-order valence-electron chi connectivity index (χ0n) is 17.8. The molecule has 0 aliphatic heterocycles. The third-order valence-corrected chi connectivity index (χ3v) is 5.04. The van der Waals surface area contributed by atoms with Crippen LogP contribution in [0, 0.1) is 0 Å². The van der Waals surface area contributed by atoms with Crippen molar-refractivity contribution in [1.82, 2.24) is 9.88 Å².